The van der Waals surface area contributed by atoms with Crippen LogP contribution in [0.2, 0.25) is 0 Å². The van der Waals surface area contributed by atoms with Gasteiger partial charge in [-0.25, -0.2) is 4.39 Å². The van der Waals surface area contributed by atoms with Crippen molar-refractivity contribution < 1.29 is 4.39 Å². The summed E-state index contributed by atoms with van der Waals surface area (Å²) < 4.78 is 11.3. The van der Waals surface area contributed by atoms with E-state index in [2.05, 4.69) is 0 Å². The van der Waals surface area contributed by atoms with Gasteiger partial charge < -0.3 is 4.90 Å². The highest BCUT2D eigenvalue weighted by Gasteiger charge is 1.84. The average Bonchev–Trinajstić information content (AvgIpc) is 1.68. The second-order valence-electron chi connectivity index (χ2n) is 1.30. The molecule has 2 nitrogen and oxygen atoms in total. The molecule has 42 valence electrons. The van der Waals surface area contributed by atoms with Gasteiger partial charge in [0.1, 0.15) is 6.67 Å². The number of hydrogen-bond acceptors (Lipinski definition) is 1. The Bertz CT molecular complexity index is 55.7. The van der Waals surface area contributed by atoms with Crippen LogP contribution in [0.4, 0.5) is 4.39 Å². The second-order valence-corrected chi connectivity index (χ2v) is 1.30. The van der Waals surface area contributed by atoms with Crippen molar-refractivity contribution in [3.05, 3.63) is 0 Å². The molecule has 1 N–H and O–H groups in total. The molecule has 0 fully saturated rings. The van der Waals surface area contributed by atoms with Gasteiger partial charge in [0.25, 0.3) is 0 Å². The molecule has 0 saturated heterocycles. The third-order valence-corrected chi connectivity index (χ3v) is 0.658. The van der Waals surface area contributed by atoms with Crippen molar-refractivity contribution in [2.75, 3.05) is 20.3 Å². The van der Waals surface area contributed by atoms with E-state index in [-0.39, 0.29) is 6.67 Å². The van der Waals surface area contributed by atoms with Crippen molar-refractivity contribution in [2.45, 2.75) is 0 Å². The molecule has 0 spiro atoms. The number of hydrogen-bond donors (Lipinski definition) is 1. The van der Waals surface area contributed by atoms with Gasteiger partial charge in [0.05, 0.1) is 6.34 Å². The Morgan fingerprint density at radius 1 is 1.86 bits per heavy atom. The van der Waals surface area contributed by atoms with Gasteiger partial charge in [-0.3, -0.25) is 5.41 Å². The van der Waals surface area contributed by atoms with E-state index in [1.807, 2.05) is 0 Å². The molecule has 0 aliphatic rings. The van der Waals surface area contributed by atoms with E-state index in [4.69, 9.17) is 5.41 Å². The van der Waals surface area contributed by atoms with Gasteiger partial charge in [-0.1, -0.05) is 0 Å². The Kier molecular flexibility index (Phi) is 3.28. The molecule has 0 aromatic carbocycles. The fourth-order valence-electron chi connectivity index (χ4n) is 0.198. The van der Waals surface area contributed by atoms with Crippen LogP contribution >= 0.6 is 0 Å². The summed E-state index contributed by atoms with van der Waals surface area (Å²) in [6.45, 7) is -0.0601. The molecule has 0 aliphatic carbocycles. The summed E-state index contributed by atoms with van der Waals surface area (Å²) in [5, 5.41) is 6.55. The highest BCUT2D eigenvalue weighted by atomic mass is 19.1. The first-order valence-electron chi connectivity index (χ1n) is 2.08. The molecule has 0 unspecified atom stereocenters. The fourth-order valence-corrected chi connectivity index (χ4v) is 0.198. The Morgan fingerprint density at radius 3 is 2.57 bits per heavy atom. The standard InChI is InChI=1S/C4H9FN2/c1-7(4-6)3-2-5/h4,6H,2-3H2,1H3. The number of rotatable bonds is 3. The average molecular weight is 104 g/mol. The number of nitrogens with zero attached hydrogens (tertiary/aromatic N) is 1. The summed E-state index contributed by atoms with van der Waals surface area (Å²) in [5.41, 5.74) is 0. The summed E-state index contributed by atoms with van der Waals surface area (Å²) in [7, 11) is 1.66. The molecule has 0 aromatic rings. The lowest BCUT2D eigenvalue weighted by molar-refractivity contribution is 0.401. The van der Waals surface area contributed by atoms with E-state index >= 15 is 0 Å². The van der Waals surface area contributed by atoms with Gasteiger partial charge in [0, 0.05) is 13.6 Å². The second kappa shape index (κ2) is 3.59. The first-order chi connectivity index (χ1) is 3.31. The minimum absolute atomic E-state index is 0.323. The zero-order valence-electron chi connectivity index (χ0n) is 4.32. The summed E-state index contributed by atoms with van der Waals surface area (Å²) in [6, 6.07) is 0. The van der Waals surface area contributed by atoms with Crippen LogP contribution in [0, 0.1) is 5.41 Å². The number of halogens is 1. The SMILES string of the molecule is CN(C=N)CCF. The molecule has 0 aromatic heterocycles. The van der Waals surface area contributed by atoms with Crippen LogP contribution < -0.4 is 0 Å². The Balaban J connectivity index is 2.98. The molecule has 0 radical (unpaired) electrons. The Labute approximate surface area is 42.4 Å². The fraction of sp³-hybridized carbons (Fsp3) is 0.750. The highest BCUT2D eigenvalue weighted by molar-refractivity contribution is 5.49. The van der Waals surface area contributed by atoms with Gasteiger partial charge in [-0.15, -0.1) is 0 Å². The normalized spacial score (nSPS) is 8.29. The van der Waals surface area contributed by atoms with E-state index in [0.29, 0.717) is 6.54 Å². The van der Waals surface area contributed by atoms with Crippen LogP contribution in [0.3, 0.4) is 0 Å². The van der Waals surface area contributed by atoms with E-state index in [0.717, 1.165) is 6.34 Å². The zero-order chi connectivity index (χ0) is 5.70. The minimum atomic E-state index is -0.383. The number of alkyl halides is 1. The van der Waals surface area contributed by atoms with Gasteiger partial charge >= 0.3 is 0 Å². The van der Waals surface area contributed by atoms with Crippen LogP contribution in [0.1, 0.15) is 0 Å². The summed E-state index contributed by atoms with van der Waals surface area (Å²) in [5.74, 6) is 0. The lowest BCUT2D eigenvalue weighted by Gasteiger charge is -2.06. The minimum Gasteiger partial charge on any atom is -0.364 e. The predicted octanol–water partition coefficient (Wildman–Crippen LogP) is 0.495. The quantitative estimate of drug-likeness (QED) is 0.409. The van der Waals surface area contributed by atoms with Crippen LogP contribution in [0.15, 0.2) is 0 Å². The van der Waals surface area contributed by atoms with Crippen molar-refractivity contribution in [2.24, 2.45) is 0 Å². The third-order valence-electron chi connectivity index (χ3n) is 0.658. The molecule has 7 heavy (non-hydrogen) atoms. The van der Waals surface area contributed by atoms with Crippen molar-refractivity contribution in [3.63, 3.8) is 0 Å². The first-order valence-corrected chi connectivity index (χ1v) is 2.08. The van der Waals surface area contributed by atoms with Gasteiger partial charge in [-0.2, -0.15) is 0 Å². The number of nitrogens with one attached hydrogen (secondary N) is 1. The maximum atomic E-state index is 11.3. The maximum absolute atomic E-state index is 11.3. The zero-order valence-corrected chi connectivity index (χ0v) is 4.32. The largest absolute Gasteiger partial charge is 0.364 e. The first kappa shape index (κ1) is 6.40. The van der Waals surface area contributed by atoms with Crippen LogP contribution in [0.25, 0.3) is 0 Å². The lowest BCUT2D eigenvalue weighted by Crippen LogP contribution is -2.17. The van der Waals surface area contributed by atoms with E-state index in [1.165, 1.54) is 4.90 Å². The van der Waals surface area contributed by atoms with E-state index < -0.39 is 0 Å². The van der Waals surface area contributed by atoms with E-state index in [9.17, 15) is 4.39 Å². The van der Waals surface area contributed by atoms with Crippen molar-refractivity contribution in [1.29, 1.82) is 5.41 Å². The monoisotopic (exact) mass is 104 g/mol. The lowest BCUT2D eigenvalue weighted by atomic mass is 10.7. The molecule has 0 rings (SSSR count). The smallest absolute Gasteiger partial charge is 0.107 e. The van der Waals surface area contributed by atoms with Gasteiger partial charge in [0.2, 0.25) is 0 Å². The molecule has 0 amide bonds. The van der Waals surface area contributed by atoms with Gasteiger partial charge in [0.15, 0.2) is 0 Å². The summed E-state index contributed by atoms with van der Waals surface area (Å²) in [6.07, 6.45) is 1.10. The molecule has 0 heterocycles. The third kappa shape index (κ3) is 3.22. The molecule has 0 aliphatic heterocycles. The highest BCUT2D eigenvalue weighted by Crippen LogP contribution is 1.73. The van der Waals surface area contributed by atoms with Crippen LogP contribution in [-0.2, 0) is 0 Å². The molecule has 0 saturated carbocycles. The maximum Gasteiger partial charge on any atom is 0.107 e. The van der Waals surface area contributed by atoms with Gasteiger partial charge in [-0.05, 0) is 0 Å². The molecular weight excluding hydrogens is 95.1 g/mol. The van der Waals surface area contributed by atoms with E-state index in [1.54, 1.807) is 7.05 Å². The topological polar surface area (TPSA) is 27.1 Å². The molecule has 0 bridgehead atoms. The van der Waals surface area contributed by atoms with Crippen LogP contribution in [-0.4, -0.2) is 31.5 Å². The molecule has 0 atom stereocenters. The summed E-state index contributed by atoms with van der Waals surface area (Å²) >= 11 is 0. The Morgan fingerprint density at radius 2 is 2.43 bits per heavy atom. The summed E-state index contributed by atoms with van der Waals surface area (Å²) in [4.78, 5) is 1.47. The van der Waals surface area contributed by atoms with Crippen LogP contribution in [0.5, 0.6) is 0 Å². The Hall–Kier alpha value is -0.600. The molecular formula is C4H9FN2. The van der Waals surface area contributed by atoms with Crippen molar-refractivity contribution >= 4 is 6.34 Å². The van der Waals surface area contributed by atoms with Crippen molar-refractivity contribution in [1.82, 2.24) is 4.90 Å². The predicted molar refractivity (Wildman–Crippen MR) is 27.4 cm³/mol. The molecule has 3 heteroatoms. The van der Waals surface area contributed by atoms with Crippen molar-refractivity contribution in [3.8, 4) is 0 Å².